The maximum Gasteiger partial charge on any atom is 0.273 e. The summed E-state index contributed by atoms with van der Waals surface area (Å²) >= 11 is 5.73. The van der Waals surface area contributed by atoms with E-state index in [0.717, 1.165) is 0 Å². The predicted octanol–water partition coefficient (Wildman–Crippen LogP) is 0.0613. The van der Waals surface area contributed by atoms with Crippen LogP contribution in [0, 0.1) is 0 Å². The lowest BCUT2D eigenvalue weighted by atomic mass is 10.2. The SMILES string of the molecule is NC(=O)C1COCCN1C(=O)c1cccc(Cl)n1. The van der Waals surface area contributed by atoms with Gasteiger partial charge in [-0.1, -0.05) is 17.7 Å². The van der Waals surface area contributed by atoms with Crippen molar-refractivity contribution in [3.05, 3.63) is 29.0 Å². The monoisotopic (exact) mass is 269 g/mol. The maximum atomic E-state index is 12.2. The molecule has 0 aliphatic carbocycles. The van der Waals surface area contributed by atoms with Crippen LogP contribution in [0.3, 0.4) is 0 Å². The van der Waals surface area contributed by atoms with Crippen LogP contribution in [0.15, 0.2) is 18.2 Å². The first-order valence-electron chi connectivity index (χ1n) is 5.40. The van der Waals surface area contributed by atoms with Gasteiger partial charge in [-0.2, -0.15) is 0 Å². The number of amides is 2. The van der Waals surface area contributed by atoms with Crippen LogP contribution in [0.2, 0.25) is 5.15 Å². The molecule has 1 atom stereocenters. The molecule has 1 aromatic heterocycles. The Morgan fingerprint density at radius 2 is 2.28 bits per heavy atom. The third kappa shape index (κ3) is 2.60. The van der Waals surface area contributed by atoms with Crippen molar-refractivity contribution in [3.8, 4) is 0 Å². The molecule has 0 aromatic carbocycles. The molecule has 2 heterocycles. The number of hydrogen-bond donors (Lipinski definition) is 1. The second-order valence-electron chi connectivity index (χ2n) is 3.84. The number of ether oxygens (including phenoxy) is 1. The van der Waals surface area contributed by atoms with Gasteiger partial charge in [0.25, 0.3) is 5.91 Å². The Kier molecular flexibility index (Phi) is 3.78. The number of hydrogen-bond acceptors (Lipinski definition) is 4. The van der Waals surface area contributed by atoms with Gasteiger partial charge in [-0.3, -0.25) is 9.59 Å². The molecule has 0 bridgehead atoms. The minimum absolute atomic E-state index is 0.113. The lowest BCUT2D eigenvalue weighted by Crippen LogP contribution is -2.54. The van der Waals surface area contributed by atoms with Gasteiger partial charge in [0, 0.05) is 6.54 Å². The van der Waals surface area contributed by atoms with Gasteiger partial charge in [0.05, 0.1) is 13.2 Å². The highest BCUT2D eigenvalue weighted by atomic mass is 35.5. The summed E-state index contributed by atoms with van der Waals surface area (Å²) in [5.74, 6) is -0.963. The first-order valence-corrected chi connectivity index (χ1v) is 5.78. The van der Waals surface area contributed by atoms with Crippen molar-refractivity contribution in [1.29, 1.82) is 0 Å². The molecule has 1 saturated heterocycles. The molecule has 1 aliphatic heterocycles. The summed E-state index contributed by atoms with van der Waals surface area (Å²) in [5.41, 5.74) is 5.43. The summed E-state index contributed by atoms with van der Waals surface area (Å²) in [6.45, 7) is 0.790. The predicted molar refractivity (Wildman–Crippen MR) is 64.1 cm³/mol. The Labute approximate surface area is 109 Å². The second kappa shape index (κ2) is 5.32. The van der Waals surface area contributed by atoms with Crippen molar-refractivity contribution in [3.63, 3.8) is 0 Å². The highest BCUT2D eigenvalue weighted by Gasteiger charge is 2.32. The molecule has 1 aliphatic rings. The minimum atomic E-state index is -0.757. The van der Waals surface area contributed by atoms with E-state index in [0.29, 0.717) is 13.2 Å². The van der Waals surface area contributed by atoms with Crippen molar-refractivity contribution in [2.24, 2.45) is 5.73 Å². The number of nitrogens with two attached hydrogens (primary N) is 1. The normalized spacial score (nSPS) is 19.6. The molecule has 6 nitrogen and oxygen atoms in total. The van der Waals surface area contributed by atoms with Gasteiger partial charge in [0.15, 0.2) is 0 Å². The van der Waals surface area contributed by atoms with Crippen molar-refractivity contribution in [2.45, 2.75) is 6.04 Å². The lowest BCUT2D eigenvalue weighted by Gasteiger charge is -2.33. The Balaban J connectivity index is 2.23. The first-order chi connectivity index (χ1) is 8.59. The molecule has 7 heteroatoms. The summed E-state index contributed by atoms with van der Waals surface area (Å²) in [6.07, 6.45) is 0. The van der Waals surface area contributed by atoms with Gasteiger partial charge in [-0.05, 0) is 12.1 Å². The molecule has 96 valence electrons. The van der Waals surface area contributed by atoms with E-state index in [1.54, 1.807) is 18.2 Å². The first kappa shape index (κ1) is 12.8. The Bertz CT molecular complexity index is 480. The van der Waals surface area contributed by atoms with Crippen molar-refractivity contribution >= 4 is 23.4 Å². The van der Waals surface area contributed by atoms with Gasteiger partial charge >= 0.3 is 0 Å². The standard InChI is InChI=1S/C11H12ClN3O3/c12-9-3-1-2-7(14-9)11(17)15-4-5-18-6-8(15)10(13)16/h1-3,8H,4-6H2,(H2,13,16). The van der Waals surface area contributed by atoms with Crippen LogP contribution in [-0.4, -0.2) is 47.5 Å². The molecule has 2 amide bonds. The molecule has 18 heavy (non-hydrogen) atoms. The molecule has 0 spiro atoms. The third-order valence-corrected chi connectivity index (χ3v) is 2.86. The van der Waals surface area contributed by atoms with Crippen LogP contribution < -0.4 is 5.73 Å². The number of rotatable bonds is 2. The number of carbonyl (C=O) groups is 2. The van der Waals surface area contributed by atoms with Crippen molar-refractivity contribution in [1.82, 2.24) is 9.88 Å². The van der Waals surface area contributed by atoms with Gasteiger partial charge in [0.1, 0.15) is 16.9 Å². The van der Waals surface area contributed by atoms with Crippen molar-refractivity contribution < 1.29 is 14.3 Å². The molecule has 0 saturated carbocycles. The molecule has 1 fully saturated rings. The van der Waals surface area contributed by atoms with E-state index in [4.69, 9.17) is 22.1 Å². The summed E-state index contributed by atoms with van der Waals surface area (Å²) in [7, 11) is 0. The van der Waals surface area contributed by atoms with E-state index >= 15 is 0 Å². The highest BCUT2D eigenvalue weighted by molar-refractivity contribution is 6.29. The van der Waals surface area contributed by atoms with Gasteiger partial charge in [-0.15, -0.1) is 0 Å². The topological polar surface area (TPSA) is 85.5 Å². The molecule has 0 radical (unpaired) electrons. The highest BCUT2D eigenvalue weighted by Crippen LogP contribution is 2.13. The van der Waals surface area contributed by atoms with Gasteiger partial charge in [-0.25, -0.2) is 4.98 Å². The summed E-state index contributed by atoms with van der Waals surface area (Å²) < 4.78 is 5.14. The number of aromatic nitrogens is 1. The Morgan fingerprint density at radius 1 is 1.50 bits per heavy atom. The molecular formula is C11H12ClN3O3. The number of morpholine rings is 1. The Morgan fingerprint density at radius 3 is 2.94 bits per heavy atom. The second-order valence-corrected chi connectivity index (χ2v) is 4.22. The van der Waals surface area contributed by atoms with E-state index < -0.39 is 11.9 Å². The lowest BCUT2D eigenvalue weighted by molar-refractivity contribution is -0.127. The van der Waals surface area contributed by atoms with E-state index in [1.807, 2.05) is 0 Å². The number of carbonyl (C=O) groups excluding carboxylic acids is 2. The third-order valence-electron chi connectivity index (χ3n) is 2.65. The molecule has 1 aromatic rings. The average molecular weight is 270 g/mol. The fourth-order valence-corrected chi connectivity index (χ4v) is 1.92. The fraction of sp³-hybridized carbons (Fsp3) is 0.364. The molecule has 1 unspecified atom stereocenters. The zero-order valence-corrected chi connectivity index (χ0v) is 10.3. The Hall–Kier alpha value is -1.66. The van der Waals surface area contributed by atoms with Crippen LogP contribution in [-0.2, 0) is 9.53 Å². The van der Waals surface area contributed by atoms with Crippen LogP contribution in [0.4, 0.5) is 0 Å². The zero-order chi connectivity index (χ0) is 13.1. The van der Waals surface area contributed by atoms with E-state index in [9.17, 15) is 9.59 Å². The van der Waals surface area contributed by atoms with Crippen LogP contribution in [0.5, 0.6) is 0 Å². The smallest absolute Gasteiger partial charge is 0.273 e. The number of primary amides is 1. The van der Waals surface area contributed by atoms with Crippen LogP contribution in [0.1, 0.15) is 10.5 Å². The van der Waals surface area contributed by atoms with E-state index in [1.165, 1.54) is 4.90 Å². The number of halogens is 1. The summed E-state index contributed by atoms with van der Waals surface area (Å²) in [6, 6.07) is 3.99. The molecule has 2 rings (SSSR count). The summed E-state index contributed by atoms with van der Waals surface area (Å²) in [5, 5.41) is 0.227. The average Bonchev–Trinajstić information content (AvgIpc) is 2.38. The van der Waals surface area contributed by atoms with E-state index in [-0.39, 0.29) is 23.4 Å². The fourth-order valence-electron chi connectivity index (χ4n) is 1.76. The largest absolute Gasteiger partial charge is 0.377 e. The van der Waals surface area contributed by atoms with Crippen molar-refractivity contribution in [2.75, 3.05) is 19.8 Å². The van der Waals surface area contributed by atoms with E-state index in [2.05, 4.69) is 4.98 Å². The number of pyridine rings is 1. The molecular weight excluding hydrogens is 258 g/mol. The van der Waals surface area contributed by atoms with Gasteiger partial charge < -0.3 is 15.4 Å². The minimum Gasteiger partial charge on any atom is -0.377 e. The molecule has 2 N–H and O–H groups in total. The van der Waals surface area contributed by atoms with Crippen LogP contribution >= 0.6 is 11.6 Å². The summed E-state index contributed by atoms with van der Waals surface area (Å²) in [4.78, 5) is 28.8. The number of nitrogens with zero attached hydrogens (tertiary/aromatic N) is 2. The zero-order valence-electron chi connectivity index (χ0n) is 9.51. The quantitative estimate of drug-likeness (QED) is 0.770. The van der Waals surface area contributed by atoms with Crippen LogP contribution in [0.25, 0.3) is 0 Å². The van der Waals surface area contributed by atoms with Gasteiger partial charge in [0.2, 0.25) is 5.91 Å². The maximum absolute atomic E-state index is 12.2.